The first-order valence-electron chi connectivity index (χ1n) is 6.00. The molecule has 1 aromatic rings. The molecule has 18 heavy (non-hydrogen) atoms. The number of aryl methyl sites for hydroxylation is 1. The van der Waals surface area contributed by atoms with Crippen LogP contribution in [0.2, 0.25) is 0 Å². The molecule has 1 fully saturated rings. The second-order valence-electron chi connectivity index (χ2n) is 4.78. The van der Waals surface area contributed by atoms with Crippen molar-refractivity contribution in [2.24, 2.45) is 0 Å². The van der Waals surface area contributed by atoms with E-state index in [1.165, 1.54) is 17.5 Å². The number of nitrogens with zero attached hydrogens (tertiary/aromatic N) is 1. The van der Waals surface area contributed by atoms with Gasteiger partial charge in [0.2, 0.25) is 0 Å². The molecular formula is C11H17ClN2O2S2. The highest BCUT2D eigenvalue weighted by molar-refractivity contribution is 7.91. The molecule has 0 atom stereocenters. The van der Waals surface area contributed by atoms with E-state index in [0.717, 1.165) is 37.1 Å². The average molecular weight is 309 g/mol. The van der Waals surface area contributed by atoms with Crippen LogP contribution in [0.4, 0.5) is 0 Å². The molecule has 1 N–H and O–H groups in total. The minimum atomic E-state index is -3.49. The summed E-state index contributed by atoms with van der Waals surface area (Å²) in [7, 11) is -3.49. The third kappa shape index (κ3) is 3.04. The van der Waals surface area contributed by atoms with Crippen molar-refractivity contribution in [3.63, 3.8) is 0 Å². The summed E-state index contributed by atoms with van der Waals surface area (Å²) in [5.41, 5.74) is -0.476. The van der Waals surface area contributed by atoms with Gasteiger partial charge in [0.05, 0.1) is 11.2 Å². The fraction of sp³-hybridized carbons (Fsp3) is 0.727. The van der Waals surface area contributed by atoms with Crippen molar-refractivity contribution in [3.05, 3.63) is 11.2 Å². The maximum absolute atomic E-state index is 12.3. The lowest BCUT2D eigenvalue weighted by Gasteiger charge is -2.35. The van der Waals surface area contributed by atoms with Crippen molar-refractivity contribution >= 4 is 33.0 Å². The number of thiazole rings is 1. The average Bonchev–Trinajstić information content (AvgIpc) is 2.77. The lowest BCUT2D eigenvalue weighted by molar-refractivity contribution is 0.298. The molecule has 0 radical (unpaired) electrons. The number of aromatic nitrogens is 1. The van der Waals surface area contributed by atoms with Gasteiger partial charge in [-0.2, -0.15) is 0 Å². The van der Waals surface area contributed by atoms with E-state index in [4.69, 9.17) is 11.6 Å². The largest absolute Gasteiger partial charge is 0.252 e. The SMILES string of the molecule is Cc1ncc(S(=O)(=O)NC2(CCl)CCCCC2)s1. The van der Waals surface area contributed by atoms with Crippen molar-refractivity contribution in [2.45, 2.75) is 48.8 Å². The summed E-state index contributed by atoms with van der Waals surface area (Å²) in [6, 6.07) is 0. The molecule has 0 aliphatic heterocycles. The third-order valence-electron chi connectivity index (χ3n) is 3.28. The van der Waals surface area contributed by atoms with Crippen molar-refractivity contribution < 1.29 is 8.42 Å². The predicted octanol–water partition coefficient (Wildman–Crippen LogP) is 2.67. The Balaban J connectivity index is 2.21. The molecule has 0 unspecified atom stereocenters. The Morgan fingerprint density at radius 2 is 2.11 bits per heavy atom. The summed E-state index contributed by atoms with van der Waals surface area (Å²) in [5, 5.41) is 0.749. The van der Waals surface area contributed by atoms with Crippen LogP contribution in [0.25, 0.3) is 0 Å². The van der Waals surface area contributed by atoms with Crippen molar-refractivity contribution in [1.82, 2.24) is 9.71 Å². The van der Waals surface area contributed by atoms with Gasteiger partial charge in [-0.3, -0.25) is 0 Å². The fourth-order valence-corrected chi connectivity index (χ4v) is 5.27. The van der Waals surface area contributed by atoms with Crippen LogP contribution in [0.15, 0.2) is 10.4 Å². The Morgan fingerprint density at radius 1 is 1.44 bits per heavy atom. The number of alkyl halides is 1. The van der Waals surface area contributed by atoms with E-state index in [9.17, 15) is 8.42 Å². The standard InChI is InChI=1S/C11H17ClN2O2S2/c1-9-13-7-10(17-9)18(15,16)14-11(8-12)5-3-2-4-6-11/h7,14H,2-6,8H2,1H3. The van der Waals surface area contributed by atoms with Crippen LogP contribution in [-0.4, -0.2) is 24.8 Å². The van der Waals surface area contributed by atoms with Gasteiger partial charge in [-0.25, -0.2) is 18.1 Å². The zero-order valence-electron chi connectivity index (χ0n) is 10.3. The van der Waals surface area contributed by atoms with Gasteiger partial charge in [0, 0.05) is 11.4 Å². The number of hydrogen-bond acceptors (Lipinski definition) is 4. The Hall–Kier alpha value is -0.170. The van der Waals surface area contributed by atoms with Gasteiger partial charge in [0.25, 0.3) is 10.0 Å². The van der Waals surface area contributed by atoms with Gasteiger partial charge in [0.15, 0.2) is 4.21 Å². The molecule has 0 spiro atoms. The number of nitrogens with one attached hydrogen (secondary N) is 1. The molecule has 1 aliphatic rings. The minimum absolute atomic E-state index is 0.273. The first-order valence-corrected chi connectivity index (χ1v) is 8.83. The van der Waals surface area contributed by atoms with Gasteiger partial charge in [-0.1, -0.05) is 19.3 Å². The molecule has 7 heteroatoms. The second kappa shape index (κ2) is 5.45. The van der Waals surface area contributed by atoms with Gasteiger partial charge in [-0.05, 0) is 19.8 Å². The van der Waals surface area contributed by atoms with E-state index >= 15 is 0 Å². The summed E-state index contributed by atoms with van der Waals surface area (Å²) in [4.78, 5) is 3.99. The Kier molecular flexibility index (Phi) is 4.31. The van der Waals surface area contributed by atoms with Crippen LogP contribution < -0.4 is 4.72 Å². The molecule has 0 saturated heterocycles. The highest BCUT2D eigenvalue weighted by Crippen LogP contribution is 2.31. The zero-order chi connectivity index (χ0) is 13.2. The number of rotatable bonds is 4. The lowest BCUT2D eigenvalue weighted by Crippen LogP contribution is -2.50. The predicted molar refractivity (Wildman–Crippen MR) is 73.7 cm³/mol. The minimum Gasteiger partial charge on any atom is -0.249 e. The highest BCUT2D eigenvalue weighted by Gasteiger charge is 2.36. The normalized spacial score (nSPS) is 19.9. The third-order valence-corrected chi connectivity index (χ3v) is 6.75. The second-order valence-corrected chi connectivity index (χ2v) is 8.19. The van der Waals surface area contributed by atoms with Crippen LogP contribution in [0.1, 0.15) is 37.1 Å². The monoisotopic (exact) mass is 308 g/mol. The van der Waals surface area contributed by atoms with Crippen molar-refractivity contribution in [2.75, 3.05) is 5.88 Å². The highest BCUT2D eigenvalue weighted by atomic mass is 35.5. The smallest absolute Gasteiger partial charge is 0.249 e. The van der Waals surface area contributed by atoms with Crippen LogP contribution >= 0.6 is 22.9 Å². The summed E-state index contributed by atoms with van der Waals surface area (Å²) >= 11 is 7.18. The van der Waals surface area contributed by atoms with E-state index in [2.05, 4.69) is 9.71 Å². The summed E-state index contributed by atoms with van der Waals surface area (Å²) in [6.45, 7) is 1.79. The molecule has 4 nitrogen and oxygen atoms in total. The van der Waals surface area contributed by atoms with Gasteiger partial charge in [0.1, 0.15) is 0 Å². The number of halogens is 1. The van der Waals surface area contributed by atoms with E-state index in [0.29, 0.717) is 5.88 Å². The van der Waals surface area contributed by atoms with Crippen molar-refractivity contribution in [3.8, 4) is 0 Å². The Bertz CT molecular complexity index is 507. The summed E-state index contributed by atoms with van der Waals surface area (Å²) < 4.78 is 27.6. The van der Waals surface area contributed by atoms with Gasteiger partial charge in [-0.15, -0.1) is 22.9 Å². The molecule has 0 bridgehead atoms. The fourth-order valence-electron chi connectivity index (χ4n) is 2.29. The Morgan fingerprint density at radius 3 is 2.61 bits per heavy atom. The summed E-state index contributed by atoms with van der Waals surface area (Å²) in [6.07, 6.45) is 6.24. The molecule has 0 aromatic carbocycles. The molecule has 0 amide bonds. The number of sulfonamides is 1. The van der Waals surface area contributed by atoms with Gasteiger partial charge >= 0.3 is 0 Å². The quantitative estimate of drug-likeness (QED) is 0.870. The van der Waals surface area contributed by atoms with E-state index in [1.54, 1.807) is 6.92 Å². The van der Waals surface area contributed by atoms with Crippen LogP contribution in [0.5, 0.6) is 0 Å². The number of hydrogen-bond donors (Lipinski definition) is 1. The van der Waals surface area contributed by atoms with Crippen LogP contribution in [0.3, 0.4) is 0 Å². The molecule has 1 aromatic heterocycles. The first kappa shape index (κ1) is 14.2. The van der Waals surface area contributed by atoms with Gasteiger partial charge < -0.3 is 0 Å². The molecule has 1 heterocycles. The molecule has 1 aliphatic carbocycles. The van der Waals surface area contributed by atoms with E-state index < -0.39 is 15.6 Å². The molecule has 102 valence electrons. The topological polar surface area (TPSA) is 59.1 Å². The zero-order valence-corrected chi connectivity index (χ0v) is 12.7. The van der Waals surface area contributed by atoms with Crippen molar-refractivity contribution in [1.29, 1.82) is 0 Å². The van der Waals surface area contributed by atoms with Crippen LogP contribution in [0, 0.1) is 6.92 Å². The molecule has 1 saturated carbocycles. The maximum atomic E-state index is 12.3. The maximum Gasteiger partial charge on any atom is 0.252 e. The molecular weight excluding hydrogens is 292 g/mol. The van der Waals surface area contributed by atoms with E-state index in [1.807, 2.05) is 0 Å². The Labute approximate surface area is 117 Å². The first-order chi connectivity index (χ1) is 8.47. The molecule has 2 rings (SSSR count). The lowest BCUT2D eigenvalue weighted by atomic mass is 9.84. The van der Waals surface area contributed by atoms with E-state index in [-0.39, 0.29) is 4.21 Å². The van der Waals surface area contributed by atoms with Crippen LogP contribution in [-0.2, 0) is 10.0 Å². The summed E-state index contributed by atoms with van der Waals surface area (Å²) in [5.74, 6) is 0.323.